The van der Waals surface area contributed by atoms with Crippen molar-refractivity contribution in [2.24, 2.45) is 0 Å². The van der Waals surface area contributed by atoms with E-state index in [1.807, 2.05) is 0 Å². The Morgan fingerprint density at radius 1 is 0.148 bits per heavy atom. The maximum atomic E-state index is 2.56. The summed E-state index contributed by atoms with van der Waals surface area (Å²) in [7, 11) is 0. The van der Waals surface area contributed by atoms with Crippen LogP contribution in [0.4, 0.5) is 0 Å². The topological polar surface area (TPSA) is 19.7 Å². The van der Waals surface area contributed by atoms with E-state index in [9.17, 15) is 0 Å². The molecule has 4 nitrogen and oxygen atoms in total. The molecule has 88 heavy (non-hydrogen) atoms. The highest BCUT2D eigenvalue weighted by atomic mass is 15.0. The van der Waals surface area contributed by atoms with Crippen molar-refractivity contribution < 1.29 is 0 Å². The third-order valence-electron chi connectivity index (χ3n) is 19.5. The second-order valence-electron chi connectivity index (χ2n) is 23.9. The molecule has 4 heteroatoms. The van der Waals surface area contributed by atoms with E-state index in [2.05, 4.69) is 322 Å². The second kappa shape index (κ2) is 17.9. The summed E-state index contributed by atoms with van der Waals surface area (Å²) in [5.74, 6) is 0. The van der Waals surface area contributed by atoms with Crippen LogP contribution in [0, 0.1) is 0 Å². The molecule has 0 bridgehead atoms. The molecule has 0 aliphatic heterocycles. The van der Waals surface area contributed by atoms with Gasteiger partial charge >= 0.3 is 0 Å². The summed E-state index contributed by atoms with van der Waals surface area (Å²) in [6.45, 7) is 0. The van der Waals surface area contributed by atoms with E-state index in [4.69, 9.17) is 0 Å². The van der Waals surface area contributed by atoms with E-state index in [0.717, 1.165) is 44.8 Å². The maximum Gasteiger partial charge on any atom is 0.0547 e. The van der Waals surface area contributed by atoms with Gasteiger partial charge in [0, 0.05) is 65.7 Å². The predicted molar refractivity (Wildman–Crippen MR) is 372 cm³/mol. The van der Waals surface area contributed by atoms with Gasteiger partial charge in [0.25, 0.3) is 0 Å². The van der Waals surface area contributed by atoms with Crippen LogP contribution in [0.25, 0.3) is 187 Å². The van der Waals surface area contributed by atoms with Crippen LogP contribution >= 0.6 is 0 Å². The largest absolute Gasteiger partial charge is 0.309 e. The van der Waals surface area contributed by atoms with E-state index in [0.29, 0.717) is 0 Å². The van der Waals surface area contributed by atoms with Crippen molar-refractivity contribution in [3.8, 4) is 67.3 Å². The van der Waals surface area contributed by atoms with Crippen molar-refractivity contribution >= 4 is 120 Å². The molecule has 0 N–H and O–H groups in total. The minimum atomic E-state index is 1.10. The van der Waals surface area contributed by atoms with E-state index in [-0.39, 0.29) is 0 Å². The Bertz CT molecular complexity index is 6150. The molecule has 1 aliphatic carbocycles. The van der Waals surface area contributed by atoms with E-state index in [1.54, 1.807) is 0 Å². The molecular weight excluding hydrogens is 1060 g/mol. The fourth-order valence-electron chi connectivity index (χ4n) is 15.8. The van der Waals surface area contributed by atoms with Gasteiger partial charge in [-0.25, -0.2) is 0 Å². The Balaban J connectivity index is 0.888. The molecule has 0 atom stereocenters. The number of hydrogen-bond acceptors (Lipinski definition) is 0. The number of hydrogen-bond donors (Lipinski definition) is 0. The smallest absolute Gasteiger partial charge is 0.0547 e. The number of benzene rings is 15. The monoisotopic (exact) mass is 1110 g/mol. The maximum absolute atomic E-state index is 2.56. The normalized spacial score (nSPS) is 12.3. The predicted octanol–water partition coefficient (Wildman–Crippen LogP) is 22.5. The number of para-hydroxylation sites is 6. The summed E-state index contributed by atoms with van der Waals surface area (Å²) >= 11 is 0. The Kier molecular flexibility index (Phi) is 9.69. The summed E-state index contributed by atoms with van der Waals surface area (Å²) in [6, 6.07) is 114. The van der Waals surface area contributed by atoms with Crippen molar-refractivity contribution in [1.29, 1.82) is 0 Å². The molecule has 0 amide bonds. The average Bonchev–Trinajstić information content (AvgIpc) is 1.24. The van der Waals surface area contributed by atoms with Gasteiger partial charge < -0.3 is 18.3 Å². The SMILES string of the molecule is c1ccc2c(c1)-c1cc3c4ccccc4c4ccccc4c3cc1-c1cccc(-n3c4ccccc4c4cc(-n5c6ccccc6c6ccccc65)ccc43)c1-c1cc(-n3c4ccccc4c4cc(-n5c6ccccc6c6ccccc65)ccc43)ccc1-2. The lowest BCUT2D eigenvalue weighted by molar-refractivity contribution is 1.16. The molecule has 0 unspecified atom stereocenters. The Morgan fingerprint density at radius 3 is 0.898 bits per heavy atom. The zero-order chi connectivity index (χ0) is 57.3. The fraction of sp³-hybridized carbons (Fsp3) is 0. The Morgan fingerprint density at radius 2 is 0.443 bits per heavy atom. The van der Waals surface area contributed by atoms with Gasteiger partial charge in [-0.2, -0.15) is 0 Å². The van der Waals surface area contributed by atoms with Crippen molar-refractivity contribution in [3.63, 3.8) is 0 Å². The first-order valence-corrected chi connectivity index (χ1v) is 30.5. The molecule has 0 radical (unpaired) electrons. The van der Waals surface area contributed by atoms with Gasteiger partial charge in [0.05, 0.1) is 49.8 Å². The zero-order valence-electron chi connectivity index (χ0n) is 47.7. The summed E-state index contributed by atoms with van der Waals surface area (Å²) in [6.07, 6.45) is 0. The van der Waals surface area contributed by atoms with Gasteiger partial charge in [0.1, 0.15) is 0 Å². The molecule has 20 rings (SSSR count). The fourth-order valence-corrected chi connectivity index (χ4v) is 15.8. The molecule has 0 spiro atoms. The lowest BCUT2D eigenvalue weighted by Gasteiger charge is -2.27. The molecule has 19 aromatic rings. The molecule has 0 saturated heterocycles. The highest BCUT2D eigenvalue weighted by molar-refractivity contribution is 6.27. The van der Waals surface area contributed by atoms with Crippen molar-refractivity contribution in [1.82, 2.24) is 18.3 Å². The molecule has 406 valence electrons. The standard InChI is InChI=1S/C84H50N4/c1-4-23-57-54(20-1)55-21-2-5-24-58(55)69-50-71-67-32-19-39-83(88-80-38-18-12-31-66(80)73-47-53(42-45-82(73)88)86-77-35-15-9-28-63(77)64-29-10-16-36-78(64)86)84(67)74-48-51(40-43-60(74)56-22-3-6-25-59(56)70(71)49-68(57)69)87-79-37-17-11-30-65(79)72-46-52(41-44-81(72)87)85-75-33-13-7-26-61(75)62-27-8-14-34-76(62)85/h1-50H. The van der Waals surface area contributed by atoms with Crippen molar-refractivity contribution in [2.45, 2.75) is 0 Å². The molecule has 1 aliphatic rings. The average molecular weight is 1120 g/mol. The molecule has 4 heterocycles. The number of nitrogens with zero attached hydrogens (tertiary/aromatic N) is 4. The molecular formula is C84H50N4. The lowest BCUT2D eigenvalue weighted by atomic mass is 9.78. The minimum Gasteiger partial charge on any atom is -0.309 e. The number of fused-ring (bicyclic) bond motifs is 26. The highest BCUT2D eigenvalue weighted by Gasteiger charge is 2.29. The first-order valence-electron chi connectivity index (χ1n) is 30.5. The molecule has 0 fully saturated rings. The van der Waals surface area contributed by atoms with Crippen molar-refractivity contribution in [3.05, 3.63) is 303 Å². The quantitative estimate of drug-likeness (QED) is 0.157. The third kappa shape index (κ3) is 6.47. The molecule has 15 aromatic carbocycles. The summed E-state index contributed by atoms with van der Waals surface area (Å²) < 4.78 is 9.94. The van der Waals surface area contributed by atoms with E-state index < -0.39 is 0 Å². The van der Waals surface area contributed by atoms with Crippen molar-refractivity contribution in [2.75, 3.05) is 0 Å². The number of aromatic nitrogens is 4. The van der Waals surface area contributed by atoms with Crippen LogP contribution in [0.2, 0.25) is 0 Å². The van der Waals surface area contributed by atoms with Crippen LogP contribution in [0.5, 0.6) is 0 Å². The number of rotatable bonds is 4. The van der Waals surface area contributed by atoms with Crippen LogP contribution in [-0.2, 0) is 0 Å². The van der Waals surface area contributed by atoms with Gasteiger partial charge in [-0.05, 0) is 174 Å². The van der Waals surface area contributed by atoms with Crippen LogP contribution in [0.3, 0.4) is 0 Å². The van der Waals surface area contributed by atoms with Crippen LogP contribution < -0.4 is 0 Å². The van der Waals surface area contributed by atoms with E-state index >= 15 is 0 Å². The second-order valence-corrected chi connectivity index (χ2v) is 23.9. The summed E-state index contributed by atoms with van der Waals surface area (Å²) in [5.41, 5.74) is 23.5. The highest BCUT2D eigenvalue weighted by Crippen LogP contribution is 2.54. The van der Waals surface area contributed by atoms with Gasteiger partial charge in [-0.1, -0.05) is 200 Å². The molecule has 0 saturated carbocycles. The third-order valence-corrected chi connectivity index (χ3v) is 19.5. The Hall–Kier alpha value is -11.7. The minimum absolute atomic E-state index is 1.10. The van der Waals surface area contributed by atoms with Crippen LogP contribution in [-0.4, -0.2) is 18.3 Å². The zero-order valence-corrected chi connectivity index (χ0v) is 47.7. The van der Waals surface area contributed by atoms with Gasteiger partial charge in [0.15, 0.2) is 0 Å². The lowest BCUT2D eigenvalue weighted by Crippen LogP contribution is -2.04. The van der Waals surface area contributed by atoms with Gasteiger partial charge in [-0.3, -0.25) is 0 Å². The van der Waals surface area contributed by atoms with Crippen LogP contribution in [0.1, 0.15) is 0 Å². The first kappa shape index (κ1) is 47.6. The Labute approximate surface area is 505 Å². The van der Waals surface area contributed by atoms with Crippen LogP contribution in [0.15, 0.2) is 303 Å². The van der Waals surface area contributed by atoms with E-state index in [1.165, 1.54) is 142 Å². The summed E-state index contributed by atoms with van der Waals surface area (Å²) in [5, 5.41) is 17.4. The molecule has 4 aromatic heterocycles. The van der Waals surface area contributed by atoms with Gasteiger partial charge in [0.2, 0.25) is 0 Å². The van der Waals surface area contributed by atoms with Gasteiger partial charge in [-0.15, -0.1) is 0 Å². The first-order chi connectivity index (χ1) is 43.7. The summed E-state index contributed by atoms with van der Waals surface area (Å²) in [4.78, 5) is 0.